The fourth-order valence-electron chi connectivity index (χ4n) is 2.28. The number of alkyl carbamates (subject to hydrolysis) is 1. The summed E-state index contributed by atoms with van der Waals surface area (Å²) in [6.07, 6.45) is -7.67. The first-order valence-electron chi connectivity index (χ1n) is 13.9. The van der Waals surface area contributed by atoms with Gasteiger partial charge in [0.15, 0.2) is 6.61 Å². The summed E-state index contributed by atoms with van der Waals surface area (Å²) in [7, 11) is 0. The molecule has 0 aliphatic carbocycles. The number of aliphatic imine (C=N–C) groups is 1. The highest BCUT2D eigenvalue weighted by molar-refractivity contribution is 5.80. The van der Waals surface area contributed by atoms with E-state index in [1.807, 2.05) is 6.92 Å². The third-order valence-corrected chi connectivity index (χ3v) is 4.59. The number of rotatable bonds is 18. The number of nitrogens with one attached hydrogen (secondary N) is 4. The number of nitrogens with zero attached hydrogens (tertiary/aromatic N) is 1. The number of nitrogens with two attached hydrogens (primary N) is 2. The van der Waals surface area contributed by atoms with Crippen molar-refractivity contribution in [3.05, 3.63) is 0 Å². The number of hydrogen-bond donors (Lipinski definition) is 9. The summed E-state index contributed by atoms with van der Waals surface area (Å²) in [5.41, 5.74) is 8.02. The molecule has 0 rings (SSSR count). The Balaban J connectivity index is -0.000000386. The number of amides is 2. The Kier molecular flexibility index (Phi) is 31.6. The molecule has 0 heterocycles. The van der Waals surface area contributed by atoms with Crippen LogP contribution in [-0.4, -0.2) is 115 Å². The Morgan fingerprint density at radius 2 is 1.12 bits per heavy atom. The van der Waals surface area contributed by atoms with E-state index < -0.39 is 42.5 Å². The van der Waals surface area contributed by atoms with Gasteiger partial charge in [-0.3, -0.25) is 9.79 Å². The van der Waals surface area contributed by atoms with Crippen LogP contribution in [0.15, 0.2) is 4.99 Å². The van der Waals surface area contributed by atoms with Crippen LogP contribution in [0.1, 0.15) is 51.9 Å². The van der Waals surface area contributed by atoms with Gasteiger partial charge in [0.1, 0.15) is 0 Å². The zero-order valence-corrected chi connectivity index (χ0v) is 26.1. The molecule has 11 N–H and O–H groups in total. The van der Waals surface area contributed by atoms with Gasteiger partial charge in [-0.2, -0.15) is 39.5 Å². The molecule has 16 nitrogen and oxygen atoms in total. The molecule has 0 saturated heterocycles. The topological polar surface area (TPSA) is 268 Å². The largest absolute Gasteiger partial charge is 0.490 e. The minimum Gasteiger partial charge on any atom is -0.475 e. The van der Waals surface area contributed by atoms with E-state index in [2.05, 4.69) is 26.4 Å². The zero-order valence-electron chi connectivity index (χ0n) is 26.1. The maximum Gasteiger partial charge on any atom is 0.490 e. The minimum absolute atomic E-state index is 0.214. The van der Waals surface area contributed by atoms with Crippen molar-refractivity contribution in [2.24, 2.45) is 16.6 Å². The predicted molar refractivity (Wildman–Crippen MR) is 153 cm³/mol. The van der Waals surface area contributed by atoms with Crippen LogP contribution in [0.3, 0.4) is 0 Å². The Hall–Kier alpha value is -4.13. The van der Waals surface area contributed by atoms with Crippen LogP contribution >= 0.6 is 0 Å². The molecule has 1 unspecified atom stereocenters. The predicted octanol–water partition coefficient (Wildman–Crippen LogP) is 1.89. The van der Waals surface area contributed by atoms with Crippen molar-refractivity contribution in [2.75, 3.05) is 39.3 Å². The van der Waals surface area contributed by atoms with E-state index >= 15 is 0 Å². The summed E-state index contributed by atoms with van der Waals surface area (Å²) >= 11 is 0. The fraction of sp³-hybridized carbons (Fsp3) is 0.750. The van der Waals surface area contributed by atoms with Crippen molar-refractivity contribution < 1.29 is 83.5 Å². The number of carbonyl (C=O) groups is 5. The molecule has 25 heteroatoms. The molecule has 0 spiro atoms. The molecule has 0 aliphatic heterocycles. The van der Waals surface area contributed by atoms with Gasteiger partial charge in [-0.1, -0.05) is 12.8 Å². The van der Waals surface area contributed by atoms with Crippen LogP contribution in [-0.2, 0) is 23.9 Å². The SMILES string of the molecule is CC(N)CCNCCCCNC(=O)OCC(=O)NCCCCCCN=CNN.O=C(O)C(F)(F)F.O=C(O)C(F)(F)F.O=C(O)C(F)(F)F. The molecule has 0 saturated carbocycles. The second-order valence-electron chi connectivity index (χ2n) is 9.10. The van der Waals surface area contributed by atoms with Crippen LogP contribution in [0.25, 0.3) is 0 Å². The highest BCUT2D eigenvalue weighted by atomic mass is 19.4. The summed E-state index contributed by atoms with van der Waals surface area (Å²) in [6.45, 7) is 5.37. The lowest BCUT2D eigenvalue weighted by molar-refractivity contribution is -0.193. The quantitative estimate of drug-likeness (QED) is 0.0243. The van der Waals surface area contributed by atoms with E-state index in [1.165, 1.54) is 6.34 Å². The lowest BCUT2D eigenvalue weighted by Gasteiger charge is -2.09. The van der Waals surface area contributed by atoms with Crippen LogP contribution in [0, 0.1) is 0 Å². The molecule has 0 aromatic heterocycles. The van der Waals surface area contributed by atoms with E-state index in [-0.39, 0.29) is 18.6 Å². The third kappa shape index (κ3) is 46.0. The molecule has 0 radical (unpaired) electrons. The molecule has 0 aliphatic rings. The lowest BCUT2D eigenvalue weighted by Crippen LogP contribution is -2.33. The second-order valence-corrected chi connectivity index (χ2v) is 9.10. The van der Waals surface area contributed by atoms with Crippen molar-refractivity contribution in [2.45, 2.75) is 76.4 Å². The molecular formula is C24H42F9N7O9. The summed E-state index contributed by atoms with van der Waals surface area (Å²) in [4.78, 5) is 53.8. The number of alkyl halides is 9. The maximum absolute atomic E-state index is 11.6. The molecular weight excluding hydrogens is 701 g/mol. The van der Waals surface area contributed by atoms with E-state index in [1.54, 1.807) is 0 Å². The molecule has 0 bridgehead atoms. The van der Waals surface area contributed by atoms with Crippen molar-refractivity contribution >= 4 is 36.2 Å². The van der Waals surface area contributed by atoms with Crippen LogP contribution in [0.2, 0.25) is 0 Å². The molecule has 0 aromatic carbocycles. The summed E-state index contributed by atoms with van der Waals surface area (Å²) in [6, 6.07) is 0.214. The fourth-order valence-corrected chi connectivity index (χ4v) is 2.28. The number of carboxylic acid groups (broad SMARTS) is 3. The van der Waals surface area contributed by atoms with Crippen LogP contribution in [0.5, 0.6) is 0 Å². The summed E-state index contributed by atoms with van der Waals surface area (Å²) < 4.78 is 100. The van der Waals surface area contributed by atoms with E-state index in [0.717, 1.165) is 64.6 Å². The Morgan fingerprint density at radius 1 is 0.714 bits per heavy atom. The summed E-state index contributed by atoms with van der Waals surface area (Å²) in [5, 5.41) is 30.0. The number of carbonyl (C=O) groups excluding carboxylic acids is 2. The number of aliphatic carboxylic acids is 3. The van der Waals surface area contributed by atoms with E-state index in [9.17, 15) is 49.1 Å². The molecule has 0 fully saturated rings. The number of unbranched alkanes of at least 4 members (excludes halogenated alkanes) is 4. The van der Waals surface area contributed by atoms with Crippen molar-refractivity contribution in [3.8, 4) is 0 Å². The third-order valence-electron chi connectivity index (χ3n) is 4.59. The molecule has 49 heavy (non-hydrogen) atoms. The normalized spacial score (nSPS) is 11.7. The first kappa shape index (κ1) is 51.7. The average molecular weight is 744 g/mol. The molecule has 290 valence electrons. The zero-order chi connectivity index (χ0) is 39.1. The second kappa shape index (κ2) is 30.0. The highest BCUT2D eigenvalue weighted by Gasteiger charge is 2.39. The Bertz CT molecular complexity index is 896. The van der Waals surface area contributed by atoms with Gasteiger partial charge in [-0.15, -0.1) is 0 Å². The average Bonchev–Trinajstić information content (AvgIpc) is 2.96. The number of carboxylic acids is 3. The van der Waals surface area contributed by atoms with Crippen LogP contribution < -0.4 is 33.0 Å². The van der Waals surface area contributed by atoms with Crippen molar-refractivity contribution in [1.82, 2.24) is 21.4 Å². The van der Waals surface area contributed by atoms with Gasteiger partial charge in [0.25, 0.3) is 5.91 Å². The van der Waals surface area contributed by atoms with Gasteiger partial charge in [0, 0.05) is 25.7 Å². The van der Waals surface area contributed by atoms with Gasteiger partial charge in [0.05, 0.1) is 6.34 Å². The van der Waals surface area contributed by atoms with Crippen molar-refractivity contribution in [3.63, 3.8) is 0 Å². The van der Waals surface area contributed by atoms with Crippen molar-refractivity contribution in [1.29, 1.82) is 0 Å². The summed E-state index contributed by atoms with van der Waals surface area (Å²) in [5.74, 6) is -3.50. The first-order chi connectivity index (χ1) is 22.4. The van der Waals surface area contributed by atoms with E-state index in [0.29, 0.717) is 13.1 Å². The van der Waals surface area contributed by atoms with Gasteiger partial charge >= 0.3 is 42.5 Å². The van der Waals surface area contributed by atoms with Gasteiger partial charge in [0.2, 0.25) is 0 Å². The number of hydrazine groups is 1. The highest BCUT2D eigenvalue weighted by Crippen LogP contribution is 2.14. The number of ether oxygens (including phenoxy) is 1. The van der Waals surface area contributed by atoms with Gasteiger partial charge < -0.3 is 47.2 Å². The molecule has 2 amide bonds. The molecule has 1 atom stereocenters. The standard InChI is InChI=1S/C18H39N7O3.3C2HF3O2/c1-16(19)8-13-21-9-6-7-12-24-18(27)28-14-17(26)23-11-5-3-2-4-10-22-15-25-20;3*3-2(4,5)1(6)7/h15-16,21H,2-14,19-20H2,1H3,(H,22,25)(H,23,26)(H,24,27);3*(H,6,7). The molecule has 0 aromatic rings. The lowest BCUT2D eigenvalue weighted by atomic mass is 10.2. The number of halogens is 9. The Morgan fingerprint density at radius 3 is 1.55 bits per heavy atom. The smallest absolute Gasteiger partial charge is 0.475 e. The van der Waals surface area contributed by atoms with Gasteiger partial charge in [-0.25, -0.2) is 25.0 Å². The van der Waals surface area contributed by atoms with Gasteiger partial charge in [-0.05, 0) is 52.1 Å². The van der Waals surface area contributed by atoms with E-state index in [4.69, 9.17) is 46.0 Å². The monoisotopic (exact) mass is 743 g/mol. The van der Waals surface area contributed by atoms with Crippen LogP contribution in [0.4, 0.5) is 44.3 Å². The maximum atomic E-state index is 11.6. The minimum atomic E-state index is -5.08. The Labute approximate surface area is 274 Å². The number of hydrogen-bond acceptors (Lipinski definition) is 10. The first-order valence-corrected chi connectivity index (χ1v) is 13.9.